The summed E-state index contributed by atoms with van der Waals surface area (Å²) in [4.78, 5) is 37.7. The van der Waals surface area contributed by atoms with Gasteiger partial charge in [-0.15, -0.1) is 0 Å². The van der Waals surface area contributed by atoms with Gasteiger partial charge in [0.25, 0.3) is 0 Å². The van der Waals surface area contributed by atoms with Crippen LogP contribution >= 0.6 is 0 Å². The fraction of sp³-hybridized carbons (Fsp3) is 0.444. The van der Waals surface area contributed by atoms with Crippen LogP contribution in [-0.2, 0) is 14.3 Å². The molecule has 34 heavy (non-hydrogen) atoms. The first-order valence-electron chi connectivity index (χ1n) is 12.1. The van der Waals surface area contributed by atoms with Crippen LogP contribution in [0.15, 0.2) is 48.5 Å². The number of aliphatic carboxylic acids is 1. The van der Waals surface area contributed by atoms with Gasteiger partial charge >= 0.3 is 12.1 Å². The van der Waals surface area contributed by atoms with Crippen LogP contribution in [0.2, 0.25) is 0 Å². The smallest absolute Gasteiger partial charge is 0.408 e. The number of fused-ring (bicyclic) bond motifs is 3. The first-order valence-corrected chi connectivity index (χ1v) is 12.1. The molecule has 0 aromatic heterocycles. The normalized spacial score (nSPS) is 17.2. The van der Waals surface area contributed by atoms with Crippen LogP contribution in [-0.4, -0.2) is 41.3 Å². The lowest BCUT2D eigenvalue weighted by atomic mass is 9.80. The van der Waals surface area contributed by atoms with Crippen LogP contribution in [0.1, 0.15) is 68.9 Å². The Bertz CT molecular complexity index is 1010. The number of benzene rings is 2. The SMILES string of the molecule is CCC[C@@H](NC(=O)C1(NC(=O)OCC2c3ccccc3-c3ccccc32)CCCCC1)C(=O)O. The van der Waals surface area contributed by atoms with Gasteiger partial charge in [0.05, 0.1) is 0 Å². The van der Waals surface area contributed by atoms with Crippen molar-refractivity contribution in [2.24, 2.45) is 0 Å². The molecule has 1 saturated carbocycles. The lowest BCUT2D eigenvalue weighted by molar-refractivity contribution is -0.143. The van der Waals surface area contributed by atoms with Crippen LogP contribution in [0.3, 0.4) is 0 Å². The van der Waals surface area contributed by atoms with Crippen molar-refractivity contribution >= 4 is 18.0 Å². The number of rotatable bonds is 8. The van der Waals surface area contributed by atoms with Crippen LogP contribution in [0.4, 0.5) is 4.79 Å². The molecule has 0 heterocycles. The third-order valence-electron chi connectivity index (χ3n) is 7.01. The van der Waals surface area contributed by atoms with E-state index in [1.165, 1.54) is 0 Å². The van der Waals surface area contributed by atoms with Gasteiger partial charge in [0.15, 0.2) is 0 Å². The second-order valence-electron chi connectivity index (χ2n) is 9.25. The van der Waals surface area contributed by atoms with E-state index in [0.29, 0.717) is 25.7 Å². The number of carbonyl (C=O) groups excluding carboxylic acids is 2. The maximum absolute atomic E-state index is 13.2. The minimum absolute atomic E-state index is 0.0739. The van der Waals surface area contributed by atoms with Crippen molar-refractivity contribution in [3.8, 4) is 11.1 Å². The molecule has 7 heteroatoms. The minimum Gasteiger partial charge on any atom is -0.480 e. The summed E-state index contributed by atoms with van der Waals surface area (Å²) in [6, 6.07) is 15.2. The van der Waals surface area contributed by atoms with Crippen molar-refractivity contribution in [1.29, 1.82) is 0 Å². The van der Waals surface area contributed by atoms with Crippen LogP contribution in [0.25, 0.3) is 11.1 Å². The number of nitrogens with one attached hydrogen (secondary N) is 2. The first kappa shape index (κ1) is 23.8. The number of carbonyl (C=O) groups is 3. The highest BCUT2D eigenvalue weighted by Gasteiger charge is 2.43. The zero-order chi connectivity index (χ0) is 24.1. The monoisotopic (exact) mass is 464 g/mol. The summed E-state index contributed by atoms with van der Waals surface area (Å²) in [5, 5.41) is 14.9. The van der Waals surface area contributed by atoms with Crippen LogP contribution in [0, 0.1) is 0 Å². The first-order chi connectivity index (χ1) is 16.4. The average molecular weight is 465 g/mol. The standard InChI is InChI=1S/C27H32N2O5/c1-2-10-23(24(30)31)28-25(32)27(15-8-3-9-16-27)29-26(33)34-17-22-20-13-6-4-11-18(20)19-12-5-7-14-21(19)22/h4-7,11-14,22-23H,2-3,8-10,15-17H2,1H3,(H,28,32)(H,29,33)(H,30,31)/t23-/m1/s1. The summed E-state index contributed by atoms with van der Waals surface area (Å²) in [6.07, 6.45) is 3.76. The lowest BCUT2D eigenvalue weighted by Crippen LogP contribution is -2.62. The van der Waals surface area contributed by atoms with E-state index < -0.39 is 29.6 Å². The fourth-order valence-electron chi connectivity index (χ4n) is 5.24. The lowest BCUT2D eigenvalue weighted by Gasteiger charge is -2.37. The molecule has 0 bridgehead atoms. The molecule has 1 fully saturated rings. The van der Waals surface area contributed by atoms with Crippen LogP contribution < -0.4 is 10.6 Å². The van der Waals surface area contributed by atoms with Gasteiger partial charge in [0.1, 0.15) is 18.2 Å². The zero-order valence-corrected chi connectivity index (χ0v) is 19.5. The Kier molecular flexibility index (Phi) is 7.20. The molecule has 2 aliphatic carbocycles. The molecule has 0 unspecified atom stereocenters. The Balaban J connectivity index is 1.46. The molecule has 0 saturated heterocycles. The van der Waals surface area contributed by atoms with E-state index in [1.54, 1.807) is 0 Å². The summed E-state index contributed by atoms with van der Waals surface area (Å²) in [7, 11) is 0. The number of amides is 2. The number of hydrogen-bond donors (Lipinski definition) is 3. The Morgan fingerprint density at radius 2 is 1.59 bits per heavy atom. The molecule has 4 rings (SSSR count). The van der Waals surface area contributed by atoms with E-state index in [9.17, 15) is 19.5 Å². The van der Waals surface area contributed by atoms with E-state index in [0.717, 1.165) is 41.5 Å². The topological polar surface area (TPSA) is 105 Å². The van der Waals surface area contributed by atoms with Crippen molar-refractivity contribution in [2.75, 3.05) is 6.61 Å². The Morgan fingerprint density at radius 3 is 2.15 bits per heavy atom. The molecule has 2 aliphatic rings. The van der Waals surface area contributed by atoms with Gasteiger partial charge in [0, 0.05) is 5.92 Å². The molecular weight excluding hydrogens is 432 g/mol. The maximum Gasteiger partial charge on any atom is 0.408 e. The number of ether oxygens (including phenoxy) is 1. The third kappa shape index (κ3) is 4.79. The van der Waals surface area contributed by atoms with Crippen molar-refractivity contribution < 1.29 is 24.2 Å². The van der Waals surface area contributed by atoms with Crippen molar-refractivity contribution in [3.05, 3.63) is 59.7 Å². The van der Waals surface area contributed by atoms with Crippen LogP contribution in [0.5, 0.6) is 0 Å². The summed E-state index contributed by atoms with van der Waals surface area (Å²) in [5.74, 6) is -1.58. The molecule has 3 N–H and O–H groups in total. The molecule has 2 aromatic rings. The van der Waals surface area contributed by atoms with Gasteiger partial charge in [-0.05, 0) is 41.5 Å². The fourth-order valence-corrected chi connectivity index (χ4v) is 5.24. The van der Waals surface area contributed by atoms with Gasteiger partial charge in [-0.25, -0.2) is 9.59 Å². The molecule has 1 atom stereocenters. The molecule has 180 valence electrons. The number of hydrogen-bond acceptors (Lipinski definition) is 4. The average Bonchev–Trinajstić information content (AvgIpc) is 3.16. The summed E-state index contributed by atoms with van der Waals surface area (Å²) >= 11 is 0. The summed E-state index contributed by atoms with van der Waals surface area (Å²) in [6.45, 7) is 2.03. The maximum atomic E-state index is 13.2. The zero-order valence-electron chi connectivity index (χ0n) is 19.5. The van der Waals surface area contributed by atoms with E-state index in [4.69, 9.17) is 4.74 Å². The molecule has 2 aromatic carbocycles. The number of alkyl carbamates (subject to hydrolysis) is 1. The van der Waals surface area contributed by atoms with E-state index in [1.807, 2.05) is 31.2 Å². The third-order valence-corrected chi connectivity index (χ3v) is 7.01. The van der Waals surface area contributed by atoms with Crippen molar-refractivity contribution in [2.45, 2.75) is 69.4 Å². The summed E-state index contributed by atoms with van der Waals surface area (Å²) in [5.41, 5.74) is 3.37. The minimum atomic E-state index is -1.15. The van der Waals surface area contributed by atoms with Gasteiger partial charge < -0.3 is 20.5 Å². The molecule has 0 aliphatic heterocycles. The molecule has 0 radical (unpaired) electrons. The van der Waals surface area contributed by atoms with Crippen molar-refractivity contribution in [3.63, 3.8) is 0 Å². The number of carboxylic acids is 1. The molecular formula is C27H32N2O5. The Hall–Kier alpha value is -3.35. The molecule has 2 amide bonds. The quantitative estimate of drug-likeness (QED) is 0.530. The Labute approximate surface area is 199 Å². The number of carboxylic acid groups (broad SMARTS) is 1. The van der Waals surface area contributed by atoms with Gasteiger partial charge in [-0.1, -0.05) is 81.1 Å². The predicted octanol–water partition coefficient (Wildman–Crippen LogP) is 4.60. The molecule has 7 nitrogen and oxygen atoms in total. The second kappa shape index (κ2) is 10.3. The van der Waals surface area contributed by atoms with Gasteiger partial charge in [-0.3, -0.25) is 4.79 Å². The highest BCUT2D eigenvalue weighted by Crippen LogP contribution is 2.44. The van der Waals surface area contributed by atoms with E-state index >= 15 is 0 Å². The van der Waals surface area contributed by atoms with E-state index in [2.05, 4.69) is 34.9 Å². The highest BCUT2D eigenvalue weighted by atomic mass is 16.5. The van der Waals surface area contributed by atoms with E-state index in [-0.39, 0.29) is 12.5 Å². The summed E-state index contributed by atoms with van der Waals surface area (Å²) < 4.78 is 5.67. The molecule has 0 spiro atoms. The van der Waals surface area contributed by atoms with Gasteiger partial charge in [0.2, 0.25) is 5.91 Å². The Morgan fingerprint density at radius 1 is 1.00 bits per heavy atom. The largest absolute Gasteiger partial charge is 0.480 e. The predicted molar refractivity (Wildman–Crippen MR) is 128 cm³/mol. The highest BCUT2D eigenvalue weighted by molar-refractivity contribution is 5.93. The van der Waals surface area contributed by atoms with Gasteiger partial charge in [-0.2, -0.15) is 0 Å². The second-order valence-corrected chi connectivity index (χ2v) is 9.25. The van der Waals surface area contributed by atoms with Crippen molar-refractivity contribution in [1.82, 2.24) is 10.6 Å².